The van der Waals surface area contributed by atoms with Gasteiger partial charge in [0, 0.05) is 55.0 Å². The Hall–Kier alpha value is -2.40. The van der Waals surface area contributed by atoms with Crippen molar-refractivity contribution in [1.82, 2.24) is 0 Å². The third kappa shape index (κ3) is 4.94. The van der Waals surface area contributed by atoms with Crippen LogP contribution in [0.25, 0.3) is 48.8 Å². The lowest BCUT2D eigenvalue weighted by Crippen LogP contribution is -2.40. The normalized spacial score (nSPS) is 18.0. The van der Waals surface area contributed by atoms with Gasteiger partial charge >= 0.3 is 0 Å². The number of thiophene rings is 6. The maximum Gasteiger partial charge on any atom is 0.140 e. The summed E-state index contributed by atoms with van der Waals surface area (Å²) in [6.45, 7) is 27.9. The predicted molar refractivity (Wildman–Crippen MR) is 235 cm³/mol. The number of nitrogens with zero attached hydrogens (tertiary/aromatic N) is 2. The molecule has 0 unspecified atom stereocenters. The largest absolute Gasteiger partial charge is 0.482 e. The summed E-state index contributed by atoms with van der Waals surface area (Å²) in [5.41, 5.74) is 6.54. The monoisotopic (exact) mass is 800 g/mol. The molecule has 3 aliphatic rings. The van der Waals surface area contributed by atoms with E-state index in [4.69, 9.17) is 4.74 Å². The molecular formula is C43H48N2OS6. The fourth-order valence-electron chi connectivity index (χ4n) is 7.75. The van der Waals surface area contributed by atoms with Crippen LogP contribution in [-0.4, -0.2) is 14.1 Å². The SMILES string of the molecule is CN1c2cc(C(C)(C)C)sc2-c2sc(-c3cc4c(s3)-c3sc(-c5cc6c(s5)-c5sc(C(C)(C)C)cc5N(C)C6(C)C)cc3C(C)(C)O4)cc2C1(C)C. The van der Waals surface area contributed by atoms with Crippen LogP contribution in [0.2, 0.25) is 0 Å². The molecule has 272 valence electrons. The summed E-state index contributed by atoms with van der Waals surface area (Å²) in [6.07, 6.45) is 0. The van der Waals surface area contributed by atoms with Crippen molar-refractivity contribution in [2.75, 3.05) is 23.9 Å². The maximum atomic E-state index is 6.88. The van der Waals surface area contributed by atoms with Crippen LogP contribution in [0, 0.1) is 0 Å². The zero-order valence-corrected chi connectivity index (χ0v) is 37.6. The van der Waals surface area contributed by atoms with Crippen LogP contribution >= 0.6 is 68.0 Å². The number of anilines is 2. The summed E-state index contributed by atoms with van der Waals surface area (Å²) in [6, 6.07) is 14.6. The second-order valence-corrected chi connectivity index (χ2v) is 24.7. The number of rotatable bonds is 2. The molecule has 0 aliphatic carbocycles. The minimum absolute atomic E-state index is 0.0934. The number of hydrogen-bond acceptors (Lipinski definition) is 9. The lowest BCUT2D eigenvalue weighted by Gasteiger charge is -2.41. The minimum atomic E-state index is -0.414. The molecule has 3 aliphatic heterocycles. The van der Waals surface area contributed by atoms with Gasteiger partial charge in [-0.2, -0.15) is 0 Å². The Kier molecular flexibility index (Phi) is 7.39. The first-order valence-corrected chi connectivity index (χ1v) is 23.0. The van der Waals surface area contributed by atoms with Crippen LogP contribution in [0.4, 0.5) is 11.4 Å². The molecule has 0 bridgehead atoms. The summed E-state index contributed by atoms with van der Waals surface area (Å²) >= 11 is 11.7. The third-order valence-corrected chi connectivity index (χ3v) is 20.1. The molecule has 6 aromatic heterocycles. The summed E-state index contributed by atoms with van der Waals surface area (Å²) < 4.78 is 6.88. The summed E-state index contributed by atoms with van der Waals surface area (Å²) in [5, 5.41) is 0. The van der Waals surface area contributed by atoms with Gasteiger partial charge in [0.2, 0.25) is 0 Å². The Bertz CT molecular complexity index is 2430. The average molecular weight is 801 g/mol. The van der Waals surface area contributed by atoms with E-state index in [0.29, 0.717) is 0 Å². The first-order valence-electron chi connectivity index (χ1n) is 18.1. The topological polar surface area (TPSA) is 15.7 Å². The molecule has 0 saturated heterocycles. The van der Waals surface area contributed by atoms with Crippen molar-refractivity contribution in [3.05, 3.63) is 62.8 Å². The lowest BCUT2D eigenvalue weighted by molar-refractivity contribution is 0.107. The third-order valence-electron chi connectivity index (χ3n) is 11.6. The van der Waals surface area contributed by atoms with Gasteiger partial charge in [-0.05, 0) is 93.8 Å². The van der Waals surface area contributed by atoms with Gasteiger partial charge in [-0.3, -0.25) is 0 Å². The van der Waals surface area contributed by atoms with Crippen LogP contribution in [0.3, 0.4) is 0 Å². The van der Waals surface area contributed by atoms with E-state index in [1.807, 2.05) is 68.0 Å². The molecule has 9 heteroatoms. The number of fused-ring (bicyclic) bond motifs is 9. The van der Waals surface area contributed by atoms with Crippen molar-refractivity contribution < 1.29 is 4.74 Å². The van der Waals surface area contributed by atoms with Gasteiger partial charge < -0.3 is 14.5 Å². The molecule has 3 nitrogen and oxygen atoms in total. The summed E-state index contributed by atoms with van der Waals surface area (Å²) in [7, 11) is 4.53. The molecule has 0 N–H and O–H groups in total. The molecule has 0 atom stereocenters. The first-order chi connectivity index (χ1) is 24.1. The fourth-order valence-corrected chi connectivity index (χ4v) is 15.9. The van der Waals surface area contributed by atoms with Crippen LogP contribution < -0.4 is 14.5 Å². The van der Waals surface area contributed by atoms with E-state index in [2.05, 4.69) is 143 Å². The molecular weight excluding hydrogens is 753 g/mol. The van der Waals surface area contributed by atoms with E-state index in [1.165, 1.54) is 86.6 Å². The van der Waals surface area contributed by atoms with Gasteiger partial charge in [0.1, 0.15) is 11.4 Å². The standard InChI is InChI=1S/C43H48N2OS6/c1-39(2,3)31-18-24-36(51-31)33-21(41(7,8)44(24)13)15-27(47-33)29-17-23-35(49-29)38-26(46-43(23,11)12)20-30(50-38)28-16-22-34(48-28)37-25(45(14)42(22,9)10)19-32(52-37)40(4,5)6/h15-20H,1-14H3. The predicted octanol–water partition coefficient (Wildman–Crippen LogP) is 15.0. The van der Waals surface area contributed by atoms with E-state index >= 15 is 0 Å². The molecule has 6 aromatic rings. The van der Waals surface area contributed by atoms with E-state index in [9.17, 15) is 0 Å². The Morgan fingerprint density at radius 2 is 0.827 bits per heavy atom. The van der Waals surface area contributed by atoms with Gasteiger partial charge in [-0.1, -0.05) is 41.5 Å². The summed E-state index contributed by atoms with van der Waals surface area (Å²) in [4.78, 5) is 21.5. The molecule has 0 spiro atoms. The zero-order valence-electron chi connectivity index (χ0n) is 32.7. The highest BCUT2D eigenvalue weighted by Crippen LogP contribution is 2.61. The van der Waals surface area contributed by atoms with Gasteiger partial charge in [-0.15, -0.1) is 68.0 Å². The Labute approximate surface area is 333 Å². The zero-order chi connectivity index (χ0) is 37.2. The molecule has 9 rings (SSSR count). The number of ether oxygens (including phenoxy) is 1. The van der Waals surface area contributed by atoms with Crippen LogP contribution in [0.5, 0.6) is 5.75 Å². The molecule has 0 saturated carbocycles. The Morgan fingerprint density at radius 1 is 0.462 bits per heavy atom. The fraction of sp³-hybridized carbons (Fsp3) is 0.442. The van der Waals surface area contributed by atoms with Crippen LogP contribution in [-0.2, 0) is 27.5 Å². The van der Waals surface area contributed by atoms with Crippen molar-refractivity contribution in [2.24, 2.45) is 0 Å². The van der Waals surface area contributed by atoms with Gasteiger partial charge in [0.05, 0.1) is 51.7 Å². The molecule has 0 aromatic carbocycles. The van der Waals surface area contributed by atoms with E-state index in [0.717, 1.165) is 5.75 Å². The minimum Gasteiger partial charge on any atom is -0.482 e. The first kappa shape index (κ1) is 35.3. The summed E-state index contributed by atoms with van der Waals surface area (Å²) in [5.74, 6) is 1.02. The van der Waals surface area contributed by atoms with Crippen molar-refractivity contribution >= 4 is 79.4 Å². The van der Waals surface area contributed by atoms with E-state index in [-0.39, 0.29) is 21.9 Å². The van der Waals surface area contributed by atoms with Gasteiger partial charge in [0.25, 0.3) is 0 Å². The molecule has 0 amide bonds. The van der Waals surface area contributed by atoms with Crippen molar-refractivity contribution in [3.8, 4) is 54.5 Å². The van der Waals surface area contributed by atoms with Crippen LogP contribution in [0.15, 0.2) is 36.4 Å². The van der Waals surface area contributed by atoms with Gasteiger partial charge in [-0.25, -0.2) is 0 Å². The van der Waals surface area contributed by atoms with E-state index < -0.39 is 5.60 Å². The lowest BCUT2D eigenvalue weighted by atomic mass is 9.87. The molecule has 52 heavy (non-hydrogen) atoms. The van der Waals surface area contributed by atoms with Crippen molar-refractivity contribution in [3.63, 3.8) is 0 Å². The highest BCUT2D eigenvalue weighted by atomic mass is 32.1. The molecule has 9 heterocycles. The second-order valence-electron chi connectivity index (χ2n) is 18.4. The Balaban J connectivity index is 1.13. The Morgan fingerprint density at radius 3 is 1.25 bits per heavy atom. The van der Waals surface area contributed by atoms with Crippen molar-refractivity contribution in [1.29, 1.82) is 0 Å². The van der Waals surface area contributed by atoms with Gasteiger partial charge in [0.15, 0.2) is 0 Å². The average Bonchev–Trinajstić information content (AvgIpc) is 3.86. The van der Waals surface area contributed by atoms with Crippen molar-refractivity contribution in [2.45, 2.75) is 111 Å². The highest BCUT2D eigenvalue weighted by Gasteiger charge is 2.43. The molecule has 0 radical (unpaired) electrons. The highest BCUT2D eigenvalue weighted by molar-refractivity contribution is 7.31. The molecule has 0 fully saturated rings. The maximum absolute atomic E-state index is 6.88. The van der Waals surface area contributed by atoms with E-state index in [1.54, 1.807) is 0 Å². The second kappa shape index (κ2) is 10.9. The number of hydrogen-bond donors (Lipinski definition) is 0. The smallest absolute Gasteiger partial charge is 0.140 e. The quantitative estimate of drug-likeness (QED) is 0.173. The van der Waals surface area contributed by atoms with Crippen LogP contribution in [0.1, 0.15) is 110 Å².